The first kappa shape index (κ1) is 14.6. The molecule has 20 heavy (non-hydrogen) atoms. The van der Waals surface area contributed by atoms with E-state index in [9.17, 15) is 9.59 Å². The Bertz CT molecular complexity index is 526. The van der Waals surface area contributed by atoms with E-state index in [-0.39, 0.29) is 18.0 Å². The minimum absolute atomic E-state index is 0.0219. The Hall–Kier alpha value is -1.82. The van der Waals surface area contributed by atoms with Gasteiger partial charge in [-0.1, -0.05) is 6.92 Å². The van der Waals surface area contributed by atoms with Crippen LogP contribution in [-0.2, 0) is 11.3 Å². The summed E-state index contributed by atoms with van der Waals surface area (Å²) in [6.45, 7) is 6.04. The number of carbonyl (C=O) groups is 1. The van der Waals surface area contributed by atoms with Crippen LogP contribution in [0.1, 0.15) is 13.3 Å². The first-order chi connectivity index (χ1) is 9.58. The number of nitrogens with zero attached hydrogens (tertiary/aromatic N) is 2. The van der Waals surface area contributed by atoms with Crippen LogP contribution in [0.5, 0.6) is 0 Å². The molecule has 0 spiro atoms. The third-order valence-electron chi connectivity index (χ3n) is 3.73. The van der Waals surface area contributed by atoms with Crippen molar-refractivity contribution in [2.24, 2.45) is 5.92 Å². The molecule has 0 saturated carbocycles. The Morgan fingerprint density at radius 1 is 1.50 bits per heavy atom. The standard InChI is InChI=1S/C14H22N4O2/c1-2-17-6-5-11(8-17)7-16-13(19)10-18-9-12(15)3-4-14(18)20/h3-4,9,11H,2,5-8,10,15H2,1H3,(H,16,19). The number of likely N-dealkylation sites (tertiary alicyclic amines) is 1. The van der Waals surface area contributed by atoms with Crippen LogP contribution in [0.15, 0.2) is 23.1 Å². The lowest BCUT2D eigenvalue weighted by molar-refractivity contribution is -0.121. The molecule has 110 valence electrons. The van der Waals surface area contributed by atoms with Crippen LogP contribution in [0.25, 0.3) is 0 Å². The Morgan fingerprint density at radius 2 is 2.30 bits per heavy atom. The van der Waals surface area contributed by atoms with Gasteiger partial charge < -0.3 is 20.5 Å². The van der Waals surface area contributed by atoms with Gasteiger partial charge in [0.2, 0.25) is 5.91 Å². The van der Waals surface area contributed by atoms with Gasteiger partial charge in [0.05, 0.1) is 0 Å². The number of nitrogen functional groups attached to an aromatic ring is 1. The topological polar surface area (TPSA) is 80.4 Å². The van der Waals surface area contributed by atoms with Crippen molar-refractivity contribution in [1.29, 1.82) is 0 Å². The molecule has 1 unspecified atom stereocenters. The first-order valence-corrected chi connectivity index (χ1v) is 7.03. The minimum atomic E-state index is -0.215. The molecule has 1 atom stereocenters. The fraction of sp³-hybridized carbons (Fsp3) is 0.571. The summed E-state index contributed by atoms with van der Waals surface area (Å²) < 4.78 is 1.33. The highest BCUT2D eigenvalue weighted by atomic mass is 16.2. The molecule has 1 fully saturated rings. The zero-order valence-electron chi connectivity index (χ0n) is 11.8. The Morgan fingerprint density at radius 3 is 3.00 bits per heavy atom. The molecule has 1 aromatic heterocycles. The minimum Gasteiger partial charge on any atom is -0.398 e. The molecule has 0 radical (unpaired) electrons. The summed E-state index contributed by atoms with van der Waals surface area (Å²) in [4.78, 5) is 25.8. The average molecular weight is 278 g/mol. The predicted octanol–water partition coefficient (Wildman–Crippen LogP) is -0.111. The highest BCUT2D eigenvalue weighted by Gasteiger charge is 2.21. The number of hydrogen-bond acceptors (Lipinski definition) is 4. The van der Waals surface area contributed by atoms with Gasteiger partial charge in [0.1, 0.15) is 6.54 Å². The van der Waals surface area contributed by atoms with E-state index in [1.807, 2.05) is 0 Å². The summed E-state index contributed by atoms with van der Waals surface area (Å²) in [6.07, 6.45) is 2.61. The molecule has 2 heterocycles. The van der Waals surface area contributed by atoms with Gasteiger partial charge in [-0.25, -0.2) is 0 Å². The lowest BCUT2D eigenvalue weighted by atomic mass is 10.1. The van der Waals surface area contributed by atoms with Crippen LogP contribution in [0.4, 0.5) is 5.69 Å². The van der Waals surface area contributed by atoms with Gasteiger partial charge in [-0.15, -0.1) is 0 Å². The van der Waals surface area contributed by atoms with Gasteiger partial charge in [0, 0.05) is 31.0 Å². The summed E-state index contributed by atoms with van der Waals surface area (Å²) in [5, 5.41) is 2.90. The Kier molecular flexibility index (Phi) is 4.79. The molecule has 0 aromatic carbocycles. The number of aromatic nitrogens is 1. The zero-order chi connectivity index (χ0) is 14.5. The fourth-order valence-corrected chi connectivity index (χ4v) is 2.51. The van der Waals surface area contributed by atoms with Crippen molar-refractivity contribution >= 4 is 11.6 Å². The summed E-state index contributed by atoms with van der Waals surface area (Å²) in [5.41, 5.74) is 5.87. The number of nitrogens with two attached hydrogens (primary N) is 1. The van der Waals surface area contributed by atoms with Crippen molar-refractivity contribution in [3.8, 4) is 0 Å². The van der Waals surface area contributed by atoms with E-state index >= 15 is 0 Å². The monoisotopic (exact) mass is 278 g/mol. The number of carbonyl (C=O) groups excluding carboxylic acids is 1. The molecular formula is C14H22N4O2. The van der Waals surface area contributed by atoms with Gasteiger partial charge >= 0.3 is 0 Å². The Labute approximate surface area is 118 Å². The van der Waals surface area contributed by atoms with Gasteiger partial charge in [0.25, 0.3) is 5.56 Å². The molecule has 1 amide bonds. The second-order valence-corrected chi connectivity index (χ2v) is 5.28. The van der Waals surface area contributed by atoms with Crippen LogP contribution in [0.3, 0.4) is 0 Å². The van der Waals surface area contributed by atoms with Crippen LogP contribution < -0.4 is 16.6 Å². The molecule has 1 aliphatic heterocycles. The zero-order valence-corrected chi connectivity index (χ0v) is 11.8. The normalized spacial score (nSPS) is 19.1. The highest BCUT2D eigenvalue weighted by molar-refractivity contribution is 5.75. The van der Waals surface area contributed by atoms with E-state index < -0.39 is 0 Å². The third kappa shape index (κ3) is 3.84. The molecule has 0 bridgehead atoms. The number of amides is 1. The fourth-order valence-electron chi connectivity index (χ4n) is 2.51. The number of hydrogen-bond donors (Lipinski definition) is 2. The molecule has 6 heteroatoms. The van der Waals surface area contributed by atoms with Gasteiger partial charge in [0.15, 0.2) is 0 Å². The van der Waals surface area contributed by atoms with E-state index in [1.165, 1.54) is 22.9 Å². The SMILES string of the molecule is CCN1CCC(CNC(=O)Cn2cc(N)ccc2=O)C1. The van der Waals surface area contributed by atoms with Crippen molar-refractivity contribution in [2.45, 2.75) is 19.9 Å². The average Bonchev–Trinajstić information content (AvgIpc) is 2.89. The van der Waals surface area contributed by atoms with Crippen molar-refractivity contribution in [3.63, 3.8) is 0 Å². The second kappa shape index (κ2) is 6.56. The number of rotatable bonds is 5. The quantitative estimate of drug-likeness (QED) is 0.787. The van der Waals surface area contributed by atoms with Gasteiger partial charge in [-0.2, -0.15) is 0 Å². The maximum Gasteiger partial charge on any atom is 0.251 e. The molecule has 2 rings (SSSR count). The van der Waals surface area contributed by atoms with E-state index in [4.69, 9.17) is 5.73 Å². The molecule has 1 aliphatic rings. The molecular weight excluding hydrogens is 256 g/mol. The number of pyridine rings is 1. The third-order valence-corrected chi connectivity index (χ3v) is 3.73. The van der Waals surface area contributed by atoms with E-state index in [1.54, 1.807) is 0 Å². The lowest BCUT2D eigenvalue weighted by Crippen LogP contribution is -2.35. The highest BCUT2D eigenvalue weighted by Crippen LogP contribution is 2.14. The number of nitrogens with one attached hydrogen (secondary N) is 1. The predicted molar refractivity (Wildman–Crippen MR) is 78.3 cm³/mol. The van der Waals surface area contributed by atoms with Crippen LogP contribution in [0, 0.1) is 5.92 Å². The van der Waals surface area contributed by atoms with E-state index in [0.29, 0.717) is 18.2 Å². The summed E-state index contributed by atoms with van der Waals surface area (Å²) in [6, 6.07) is 2.91. The van der Waals surface area contributed by atoms with Crippen LogP contribution in [0.2, 0.25) is 0 Å². The molecule has 6 nitrogen and oxygen atoms in total. The van der Waals surface area contributed by atoms with E-state index in [0.717, 1.165) is 26.1 Å². The summed E-state index contributed by atoms with van der Waals surface area (Å²) >= 11 is 0. The summed E-state index contributed by atoms with van der Waals surface area (Å²) in [7, 11) is 0. The number of anilines is 1. The van der Waals surface area contributed by atoms with Crippen LogP contribution >= 0.6 is 0 Å². The first-order valence-electron chi connectivity index (χ1n) is 7.03. The molecule has 0 aliphatic carbocycles. The Balaban J connectivity index is 1.81. The summed E-state index contributed by atoms with van der Waals surface area (Å²) in [5.74, 6) is 0.365. The van der Waals surface area contributed by atoms with Gasteiger partial charge in [-0.3, -0.25) is 9.59 Å². The van der Waals surface area contributed by atoms with Crippen molar-refractivity contribution < 1.29 is 4.79 Å². The van der Waals surface area contributed by atoms with Gasteiger partial charge in [-0.05, 0) is 31.5 Å². The second-order valence-electron chi connectivity index (χ2n) is 5.28. The van der Waals surface area contributed by atoms with E-state index in [2.05, 4.69) is 17.1 Å². The maximum absolute atomic E-state index is 11.9. The van der Waals surface area contributed by atoms with Crippen molar-refractivity contribution in [1.82, 2.24) is 14.8 Å². The molecule has 1 aromatic rings. The van der Waals surface area contributed by atoms with Crippen LogP contribution in [-0.4, -0.2) is 41.6 Å². The lowest BCUT2D eigenvalue weighted by Gasteiger charge is -2.14. The molecule has 3 N–H and O–H groups in total. The van der Waals surface area contributed by atoms with Crippen molar-refractivity contribution in [3.05, 3.63) is 28.7 Å². The largest absolute Gasteiger partial charge is 0.398 e. The molecule has 1 saturated heterocycles. The maximum atomic E-state index is 11.9. The van der Waals surface area contributed by atoms with Crippen molar-refractivity contribution in [2.75, 3.05) is 31.9 Å². The smallest absolute Gasteiger partial charge is 0.251 e.